The Bertz CT molecular complexity index is 3450. The molecular formula is C37H3F12N13. The van der Waals surface area contributed by atoms with Gasteiger partial charge in [-0.3, -0.25) is 0 Å². The second-order valence-electron chi connectivity index (χ2n) is 12.1. The quantitative estimate of drug-likeness (QED) is 0.0849. The number of nitriles is 2. The van der Waals surface area contributed by atoms with Crippen molar-refractivity contribution in [3.63, 3.8) is 0 Å². The van der Waals surface area contributed by atoms with Crippen LogP contribution in [0.25, 0.3) is 37.9 Å². The van der Waals surface area contributed by atoms with Gasteiger partial charge in [0.15, 0.2) is 105 Å². The van der Waals surface area contributed by atoms with Gasteiger partial charge < -0.3 is 0 Å². The average molecular weight is 857 g/mol. The summed E-state index contributed by atoms with van der Waals surface area (Å²) in [6.45, 7) is 14.6. The first-order valence-corrected chi connectivity index (χ1v) is 16.1. The maximum absolute atomic E-state index is 15.0. The Morgan fingerprint density at radius 1 is 0.484 bits per heavy atom. The molecule has 0 radical (unpaired) electrons. The first kappa shape index (κ1) is 39.8. The van der Waals surface area contributed by atoms with Crippen molar-refractivity contribution in [3.8, 4) is 23.5 Å². The van der Waals surface area contributed by atoms with E-state index in [-0.39, 0.29) is 16.3 Å². The fourth-order valence-corrected chi connectivity index (χ4v) is 5.81. The Morgan fingerprint density at radius 2 is 0.935 bits per heavy atom. The van der Waals surface area contributed by atoms with E-state index >= 15 is 0 Å². The molecule has 8 rings (SSSR count). The van der Waals surface area contributed by atoms with Gasteiger partial charge >= 0.3 is 0 Å². The number of allylic oxidation sites excluding steroid dienone is 2. The number of hydrogen-bond acceptors (Lipinski definition) is 11. The van der Waals surface area contributed by atoms with Crippen molar-refractivity contribution in [1.82, 2.24) is 15.0 Å². The van der Waals surface area contributed by atoms with Crippen molar-refractivity contribution in [1.29, 1.82) is 10.5 Å². The van der Waals surface area contributed by atoms with E-state index in [1.807, 2.05) is 0 Å². The van der Waals surface area contributed by atoms with Crippen LogP contribution in [0.5, 0.6) is 0 Å². The highest BCUT2D eigenvalue weighted by molar-refractivity contribution is 5.81. The fourth-order valence-electron chi connectivity index (χ4n) is 5.81. The maximum Gasteiger partial charge on any atom is 0.274 e. The van der Waals surface area contributed by atoms with Gasteiger partial charge in [0, 0.05) is 5.56 Å². The predicted molar refractivity (Wildman–Crippen MR) is 176 cm³/mol. The van der Waals surface area contributed by atoms with Crippen LogP contribution in [0.15, 0.2) is 65.6 Å². The molecule has 0 N–H and O–H groups in total. The normalized spacial score (nSPS) is 13.7. The molecule has 62 heavy (non-hydrogen) atoms. The van der Waals surface area contributed by atoms with Crippen LogP contribution in [-0.4, -0.2) is 15.0 Å². The molecule has 0 atom stereocenters. The van der Waals surface area contributed by atoms with Crippen molar-refractivity contribution in [2.75, 3.05) is 0 Å². The van der Waals surface area contributed by atoms with Crippen LogP contribution in [0.4, 0.5) is 58.4 Å². The Hall–Kier alpha value is -8.97. The lowest BCUT2D eigenvalue weighted by Crippen LogP contribution is -2.32. The molecule has 4 heterocycles. The Labute approximate surface area is 331 Å². The summed E-state index contributed by atoms with van der Waals surface area (Å²) in [4.78, 5) is 39.9. The van der Waals surface area contributed by atoms with E-state index < -0.39 is 154 Å². The van der Waals surface area contributed by atoms with Crippen LogP contribution < -0.4 is 32.1 Å². The zero-order valence-electron chi connectivity index (χ0n) is 29.1. The molecule has 1 aromatic heterocycles. The maximum atomic E-state index is 15.0. The topological polar surface area (TPSA) is 169 Å². The summed E-state index contributed by atoms with van der Waals surface area (Å²) in [6, 6.07) is 6.18. The molecule has 0 saturated heterocycles. The van der Waals surface area contributed by atoms with E-state index in [0.29, 0.717) is 0 Å². The van der Waals surface area contributed by atoms with Crippen LogP contribution >= 0.6 is 0 Å². The van der Waals surface area contributed by atoms with Gasteiger partial charge in [0.1, 0.15) is 44.7 Å². The van der Waals surface area contributed by atoms with Crippen molar-refractivity contribution in [2.45, 2.75) is 0 Å². The highest BCUT2D eigenvalue weighted by Crippen LogP contribution is 2.35. The van der Waals surface area contributed by atoms with Gasteiger partial charge in [-0.2, -0.15) is 10.5 Å². The van der Waals surface area contributed by atoms with Gasteiger partial charge in [-0.05, 0) is 18.2 Å². The summed E-state index contributed by atoms with van der Waals surface area (Å²) in [6.07, 6.45) is 0. The van der Waals surface area contributed by atoms with Crippen LogP contribution in [0, 0.1) is 106 Å². The molecule has 4 aromatic carbocycles. The Morgan fingerprint density at radius 3 is 1.40 bits per heavy atom. The van der Waals surface area contributed by atoms with E-state index in [9.17, 15) is 63.2 Å². The third kappa shape index (κ3) is 5.83. The number of halogens is 12. The minimum Gasteiger partial charge on any atom is -0.235 e. The molecule has 3 aliphatic rings. The standard InChI is InChI=1S/C37H3F12N13/c1-52-26-20(44)14(38)13(15(39)21(26)45)9(6-50)33-54-11-4-3-8(5-12(11)55-33)32-60-35(10(7-51)34-56-27-22(46)16(40)17(41)23(47)28(27)57-34)62-37(61-32)31(53-2)36-58-29-24(48)18(42)19(43)25(49)30(29)59-36/h3-5H/b33-9+. The lowest BCUT2D eigenvalue weighted by molar-refractivity contribution is 0.399. The SMILES string of the molecule is [C-]#[N+]C(=C1N=c2c(F)c(F)c(F)c(F)c2=N1)c1nc(C(C#N)=C2N=c3c(F)c(F)c(F)c(F)c3=N2)nc(-c2ccc3c(c2)=N/C(=C(\C#N)c2c(F)c(F)c([N+]#[C-])c(F)c2F)N=3)n1. The monoisotopic (exact) mass is 857 g/mol. The summed E-state index contributed by atoms with van der Waals surface area (Å²) in [5.41, 5.74) is -6.41. The molecule has 0 amide bonds. The first-order valence-electron chi connectivity index (χ1n) is 16.1. The zero-order valence-corrected chi connectivity index (χ0v) is 29.1. The van der Waals surface area contributed by atoms with Crippen LogP contribution in [0.1, 0.15) is 17.2 Å². The van der Waals surface area contributed by atoms with E-state index in [0.717, 1.165) is 18.2 Å². The molecule has 0 spiro atoms. The number of aromatic nitrogens is 3. The number of fused-ring (bicyclic) bond motifs is 3. The van der Waals surface area contributed by atoms with Crippen LogP contribution in [0.2, 0.25) is 0 Å². The summed E-state index contributed by atoms with van der Waals surface area (Å²) >= 11 is 0. The first-order chi connectivity index (χ1) is 29.5. The van der Waals surface area contributed by atoms with E-state index in [1.54, 1.807) is 0 Å². The largest absolute Gasteiger partial charge is 0.274 e. The Balaban J connectivity index is 1.37. The molecule has 13 nitrogen and oxygen atoms in total. The van der Waals surface area contributed by atoms with Gasteiger partial charge in [0.05, 0.1) is 29.4 Å². The van der Waals surface area contributed by atoms with Gasteiger partial charge in [0.2, 0.25) is 0 Å². The zero-order chi connectivity index (χ0) is 44.6. The van der Waals surface area contributed by atoms with E-state index in [2.05, 4.69) is 54.6 Å². The molecule has 5 aromatic rings. The number of rotatable bonds is 4. The lowest BCUT2D eigenvalue weighted by Gasteiger charge is -2.08. The summed E-state index contributed by atoms with van der Waals surface area (Å²) in [5, 5.41) is 14.8. The molecule has 0 unspecified atom stereocenters. The summed E-state index contributed by atoms with van der Waals surface area (Å²) in [5.74, 6) is -30.7. The van der Waals surface area contributed by atoms with Gasteiger partial charge in [-0.1, -0.05) is 0 Å². The number of nitrogens with zero attached hydrogens (tertiary/aromatic N) is 13. The molecule has 300 valence electrons. The van der Waals surface area contributed by atoms with E-state index in [4.69, 9.17) is 13.1 Å². The highest BCUT2D eigenvalue weighted by atomic mass is 19.2. The fraction of sp³-hybridized carbons (Fsp3) is 0. The van der Waals surface area contributed by atoms with Crippen LogP contribution in [-0.2, 0) is 0 Å². The third-order valence-electron chi connectivity index (χ3n) is 8.66. The molecule has 0 fully saturated rings. The molecule has 0 saturated carbocycles. The number of hydrogen-bond donors (Lipinski definition) is 0. The molecule has 25 heteroatoms. The predicted octanol–water partition coefficient (Wildman–Crippen LogP) is 4.55. The second kappa shape index (κ2) is 14.4. The minimum atomic E-state index is -2.28. The Kier molecular flexibility index (Phi) is 9.25. The van der Waals surface area contributed by atoms with Gasteiger partial charge in [0.25, 0.3) is 11.4 Å². The average Bonchev–Trinajstić information content (AvgIpc) is 4.03. The smallest absolute Gasteiger partial charge is 0.235 e. The summed E-state index contributed by atoms with van der Waals surface area (Å²) in [7, 11) is 0. The van der Waals surface area contributed by atoms with Crippen molar-refractivity contribution in [2.24, 2.45) is 30.0 Å². The van der Waals surface area contributed by atoms with Gasteiger partial charge in [-0.15, -0.1) is 0 Å². The van der Waals surface area contributed by atoms with Crippen molar-refractivity contribution >= 4 is 22.5 Å². The van der Waals surface area contributed by atoms with Crippen LogP contribution in [0.3, 0.4) is 0 Å². The molecule has 0 aliphatic carbocycles. The third-order valence-corrected chi connectivity index (χ3v) is 8.66. The molecular weight excluding hydrogens is 854 g/mol. The highest BCUT2D eigenvalue weighted by Gasteiger charge is 2.31. The molecule has 0 bridgehead atoms. The van der Waals surface area contributed by atoms with Crippen molar-refractivity contribution in [3.05, 3.63) is 178 Å². The van der Waals surface area contributed by atoms with Gasteiger partial charge in [-0.25, -0.2) is 107 Å². The molecule has 3 aliphatic heterocycles. The number of benzene rings is 4. The lowest BCUT2D eigenvalue weighted by atomic mass is 10.0. The van der Waals surface area contributed by atoms with Crippen molar-refractivity contribution < 1.29 is 52.7 Å². The summed E-state index contributed by atoms with van der Waals surface area (Å²) < 4.78 is 174. The second-order valence-corrected chi connectivity index (χ2v) is 12.1. The van der Waals surface area contributed by atoms with E-state index in [1.165, 1.54) is 12.1 Å². The minimum absolute atomic E-state index is 0.163.